The molecule has 0 aliphatic heterocycles. The highest BCUT2D eigenvalue weighted by atomic mass is 35.5. The molecule has 0 saturated carbocycles. The molecule has 0 bridgehead atoms. The third kappa shape index (κ3) is 6.67. The van der Waals surface area contributed by atoms with Crippen LogP contribution in [0.15, 0.2) is 71.6 Å². The van der Waals surface area contributed by atoms with Crippen molar-refractivity contribution in [3.8, 4) is 0 Å². The van der Waals surface area contributed by atoms with Crippen LogP contribution >= 0.6 is 23.2 Å². The first-order chi connectivity index (χ1) is 18.0. The van der Waals surface area contributed by atoms with Crippen LogP contribution in [0.2, 0.25) is 10.0 Å². The van der Waals surface area contributed by atoms with E-state index in [1.807, 2.05) is 38.1 Å². The van der Waals surface area contributed by atoms with E-state index in [0.29, 0.717) is 6.42 Å². The number of nitrogens with zero attached hydrogens (tertiary/aromatic N) is 2. The SMILES string of the molecule is CC[C@H](C(=O)NC)N(Cc1ccc(C)cc1)C(=O)CN(c1cccc(Cl)c1Cl)S(=O)(=O)c1ccc(C)cc1. The van der Waals surface area contributed by atoms with Gasteiger partial charge in [-0.2, -0.15) is 0 Å². The Morgan fingerprint density at radius 3 is 2.05 bits per heavy atom. The van der Waals surface area contributed by atoms with Gasteiger partial charge in [0, 0.05) is 13.6 Å². The van der Waals surface area contributed by atoms with Crippen LogP contribution in [0, 0.1) is 13.8 Å². The number of hydrogen-bond donors (Lipinski definition) is 1. The minimum absolute atomic E-state index is 0.00100. The van der Waals surface area contributed by atoms with Gasteiger partial charge >= 0.3 is 0 Å². The van der Waals surface area contributed by atoms with E-state index in [1.54, 1.807) is 25.1 Å². The molecule has 0 heterocycles. The highest BCUT2D eigenvalue weighted by Gasteiger charge is 2.34. The quantitative estimate of drug-likeness (QED) is 0.352. The summed E-state index contributed by atoms with van der Waals surface area (Å²) >= 11 is 12.7. The lowest BCUT2D eigenvalue weighted by molar-refractivity contribution is -0.140. The summed E-state index contributed by atoms with van der Waals surface area (Å²) in [6.07, 6.45) is 0.333. The summed E-state index contributed by atoms with van der Waals surface area (Å²) in [5.74, 6) is -0.908. The van der Waals surface area contributed by atoms with Gasteiger partial charge in [-0.15, -0.1) is 0 Å². The maximum absolute atomic E-state index is 13.9. The summed E-state index contributed by atoms with van der Waals surface area (Å²) < 4.78 is 28.7. The summed E-state index contributed by atoms with van der Waals surface area (Å²) in [5.41, 5.74) is 2.81. The molecule has 1 atom stereocenters. The van der Waals surface area contributed by atoms with E-state index in [9.17, 15) is 18.0 Å². The molecule has 0 unspecified atom stereocenters. The second kappa shape index (κ2) is 12.7. The topological polar surface area (TPSA) is 86.8 Å². The number of aryl methyl sites for hydroxylation is 2. The van der Waals surface area contributed by atoms with Gasteiger partial charge in [0.05, 0.1) is 20.6 Å². The molecular weight excluding hydrogens is 545 g/mol. The second-order valence-corrected chi connectivity index (χ2v) is 11.6. The highest BCUT2D eigenvalue weighted by molar-refractivity contribution is 7.92. The Bertz CT molecular complexity index is 1390. The molecule has 1 N–H and O–H groups in total. The molecule has 0 aliphatic carbocycles. The number of sulfonamides is 1. The largest absolute Gasteiger partial charge is 0.357 e. The number of amides is 2. The second-order valence-electron chi connectivity index (χ2n) is 8.94. The highest BCUT2D eigenvalue weighted by Crippen LogP contribution is 2.35. The first-order valence-electron chi connectivity index (χ1n) is 12.1. The average Bonchev–Trinajstić information content (AvgIpc) is 2.90. The average molecular weight is 577 g/mol. The number of rotatable bonds is 10. The van der Waals surface area contributed by atoms with Crippen LogP contribution in [0.4, 0.5) is 5.69 Å². The Kier molecular flexibility index (Phi) is 9.82. The summed E-state index contributed by atoms with van der Waals surface area (Å²) in [6, 6.07) is 17.7. The number of halogens is 2. The van der Waals surface area contributed by atoms with Gasteiger partial charge in [0.15, 0.2) is 0 Å². The van der Waals surface area contributed by atoms with Crippen molar-refractivity contribution in [2.45, 2.75) is 44.7 Å². The number of carbonyl (C=O) groups excluding carboxylic acids is 2. The van der Waals surface area contributed by atoms with Gasteiger partial charge in [0.1, 0.15) is 12.6 Å². The van der Waals surface area contributed by atoms with Crippen LogP contribution in [0.5, 0.6) is 0 Å². The van der Waals surface area contributed by atoms with Crippen molar-refractivity contribution >= 4 is 50.7 Å². The van der Waals surface area contributed by atoms with Crippen LogP contribution in [-0.4, -0.2) is 44.8 Å². The van der Waals surface area contributed by atoms with E-state index < -0.39 is 28.5 Å². The van der Waals surface area contributed by atoms with Crippen molar-refractivity contribution in [1.82, 2.24) is 10.2 Å². The van der Waals surface area contributed by atoms with Crippen molar-refractivity contribution in [2.75, 3.05) is 17.9 Å². The minimum atomic E-state index is -4.23. The number of carbonyl (C=O) groups is 2. The molecule has 3 rings (SSSR count). The van der Waals surface area contributed by atoms with Gasteiger partial charge in [0.25, 0.3) is 10.0 Å². The van der Waals surface area contributed by atoms with Crippen LogP contribution in [0.25, 0.3) is 0 Å². The fourth-order valence-electron chi connectivity index (χ4n) is 4.01. The Labute approximate surface area is 234 Å². The zero-order chi connectivity index (χ0) is 28.0. The Morgan fingerprint density at radius 1 is 0.921 bits per heavy atom. The number of likely N-dealkylation sites (N-methyl/N-ethyl adjacent to an activating group) is 1. The lowest BCUT2D eigenvalue weighted by Crippen LogP contribution is -2.51. The number of hydrogen-bond acceptors (Lipinski definition) is 4. The zero-order valence-electron chi connectivity index (χ0n) is 21.7. The van der Waals surface area contributed by atoms with Crippen LogP contribution in [-0.2, 0) is 26.2 Å². The molecule has 0 aliphatic rings. The molecule has 2 amide bonds. The van der Waals surface area contributed by atoms with E-state index >= 15 is 0 Å². The first kappa shape index (κ1) is 29.5. The lowest BCUT2D eigenvalue weighted by Gasteiger charge is -2.33. The molecule has 38 heavy (non-hydrogen) atoms. The summed E-state index contributed by atoms with van der Waals surface area (Å²) in [7, 11) is -2.73. The van der Waals surface area contributed by atoms with Crippen LogP contribution in [0.3, 0.4) is 0 Å². The van der Waals surface area contributed by atoms with Crippen molar-refractivity contribution in [1.29, 1.82) is 0 Å². The van der Waals surface area contributed by atoms with Gasteiger partial charge in [-0.1, -0.05) is 83.7 Å². The molecule has 0 aromatic heterocycles. The van der Waals surface area contributed by atoms with Crippen LogP contribution in [0.1, 0.15) is 30.0 Å². The molecule has 10 heteroatoms. The van der Waals surface area contributed by atoms with Gasteiger partial charge in [0.2, 0.25) is 11.8 Å². The van der Waals surface area contributed by atoms with Gasteiger partial charge in [-0.25, -0.2) is 8.42 Å². The van der Waals surface area contributed by atoms with Crippen molar-refractivity contribution in [2.24, 2.45) is 0 Å². The number of nitrogens with one attached hydrogen (secondary N) is 1. The zero-order valence-corrected chi connectivity index (χ0v) is 24.1. The monoisotopic (exact) mass is 575 g/mol. The molecule has 0 saturated heterocycles. The Morgan fingerprint density at radius 2 is 1.50 bits per heavy atom. The number of benzene rings is 3. The lowest BCUT2D eigenvalue weighted by atomic mass is 10.1. The molecule has 0 fully saturated rings. The maximum Gasteiger partial charge on any atom is 0.264 e. The molecule has 7 nitrogen and oxygen atoms in total. The van der Waals surface area contributed by atoms with Crippen LogP contribution < -0.4 is 9.62 Å². The Hall–Kier alpha value is -3.07. The van der Waals surface area contributed by atoms with Gasteiger partial charge in [-0.05, 0) is 50.1 Å². The summed E-state index contributed by atoms with van der Waals surface area (Å²) in [4.78, 5) is 28.1. The predicted molar refractivity (Wildman–Crippen MR) is 152 cm³/mol. The molecule has 0 radical (unpaired) electrons. The first-order valence-corrected chi connectivity index (χ1v) is 14.3. The summed E-state index contributed by atoms with van der Waals surface area (Å²) in [6.45, 7) is 5.12. The normalized spacial score (nSPS) is 12.1. The van der Waals surface area contributed by atoms with E-state index in [-0.39, 0.29) is 33.1 Å². The third-order valence-electron chi connectivity index (χ3n) is 6.19. The molecule has 0 spiro atoms. The summed E-state index contributed by atoms with van der Waals surface area (Å²) in [5, 5.41) is 2.75. The van der Waals surface area contributed by atoms with Crippen molar-refractivity contribution in [3.63, 3.8) is 0 Å². The van der Waals surface area contributed by atoms with E-state index in [4.69, 9.17) is 23.2 Å². The van der Waals surface area contributed by atoms with Gasteiger partial charge in [-0.3, -0.25) is 13.9 Å². The Balaban J connectivity index is 2.10. The third-order valence-corrected chi connectivity index (χ3v) is 8.78. The minimum Gasteiger partial charge on any atom is -0.357 e. The van der Waals surface area contributed by atoms with E-state index in [0.717, 1.165) is 21.0 Å². The van der Waals surface area contributed by atoms with Crippen molar-refractivity contribution in [3.05, 3.63) is 93.5 Å². The molecule has 3 aromatic carbocycles. The number of anilines is 1. The maximum atomic E-state index is 13.9. The molecular formula is C28H31Cl2N3O4S. The fraction of sp³-hybridized carbons (Fsp3) is 0.286. The van der Waals surface area contributed by atoms with E-state index in [1.165, 1.54) is 36.2 Å². The van der Waals surface area contributed by atoms with Gasteiger partial charge < -0.3 is 10.2 Å². The smallest absolute Gasteiger partial charge is 0.264 e. The molecule has 3 aromatic rings. The fourth-order valence-corrected chi connectivity index (χ4v) is 5.89. The molecule has 202 valence electrons. The van der Waals surface area contributed by atoms with E-state index in [2.05, 4.69) is 5.32 Å². The predicted octanol–water partition coefficient (Wildman–Crippen LogP) is 5.36. The van der Waals surface area contributed by atoms with Crippen molar-refractivity contribution < 1.29 is 18.0 Å². The standard InChI is InChI=1S/C28H31Cl2N3O4S/c1-5-24(28(35)31-4)32(17-21-13-9-19(2)10-14-21)26(34)18-33(25-8-6-7-23(29)27(25)30)38(36,37)22-15-11-20(3)12-16-22/h6-16,24H,5,17-18H2,1-4H3,(H,31,35)/t24-/m1/s1.